The van der Waals surface area contributed by atoms with Gasteiger partial charge in [-0.1, -0.05) is 0 Å². The van der Waals surface area contributed by atoms with E-state index >= 15 is 0 Å². The van der Waals surface area contributed by atoms with Gasteiger partial charge < -0.3 is 14.5 Å². The van der Waals surface area contributed by atoms with E-state index in [-0.39, 0.29) is 24.8 Å². The molecular formula is C16H23N3O5. The highest BCUT2D eigenvalue weighted by Crippen LogP contribution is 2.06. The quantitative estimate of drug-likeness (QED) is 0.517. The number of esters is 1. The maximum atomic E-state index is 12.0. The Kier molecular flexibility index (Phi) is 6.95. The standard InChI is InChI=1S/C16H23N3O5/c1-2-23-16(22)10-17-15(21)12-19-7-5-18(6-8-19)11-13(20)14-4-3-9-24-14/h3-4,9H,2,5-8,10-12H2,1H3,(H,17,21). The Bertz CT molecular complexity index is 550. The average Bonchev–Trinajstić information content (AvgIpc) is 3.10. The van der Waals surface area contributed by atoms with E-state index in [1.807, 2.05) is 9.80 Å². The molecule has 0 spiro atoms. The third kappa shape index (κ3) is 5.78. The van der Waals surface area contributed by atoms with Gasteiger partial charge in [0.05, 0.1) is 26.0 Å². The Morgan fingerprint density at radius 1 is 1.17 bits per heavy atom. The summed E-state index contributed by atoms with van der Waals surface area (Å²) in [7, 11) is 0. The number of hydrogen-bond donors (Lipinski definition) is 1. The topological polar surface area (TPSA) is 92.1 Å². The van der Waals surface area contributed by atoms with Crippen LogP contribution in [0.4, 0.5) is 0 Å². The van der Waals surface area contributed by atoms with Crippen molar-refractivity contribution in [1.29, 1.82) is 0 Å². The molecule has 0 aliphatic carbocycles. The summed E-state index contributed by atoms with van der Waals surface area (Å²) < 4.78 is 9.85. The highest BCUT2D eigenvalue weighted by molar-refractivity contribution is 5.95. The molecule has 2 heterocycles. The monoisotopic (exact) mass is 337 g/mol. The Labute approximate surface area is 140 Å². The second-order valence-electron chi connectivity index (χ2n) is 5.53. The predicted molar refractivity (Wildman–Crippen MR) is 85.6 cm³/mol. The number of piperazine rings is 1. The van der Waals surface area contributed by atoms with Crippen LogP contribution >= 0.6 is 0 Å². The fourth-order valence-electron chi connectivity index (χ4n) is 2.47. The minimum atomic E-state index is -0.438. The maximum Gasteiger partial charge on any atom is 0.325 e. The van der Waals surface area contributed by atoms with Gasteiger partial charge in [0.25, 0.3) is 0 Å². The van der Waals surface area contributed by atoms with Crippen molar-refractivity contribution < 1.29 is 23.5 Å². The fourth-order valence-corrected chi connectivity index (χ4v) is 2.47. The number of amides is 1. The molecule has 24 heavy (non-hydrogen) atoms. The zero-order valence-corrected chi connectivity index (χ0v) is 13.8. The van der Waals surface area contributed by atoms with Crippen LogP contribution in [0.5, 0.6) is 0 Å². The number of Topliss-reactive ketones (excluding diaryl/α,β-unsaturated/α-hetero) is 1. The number of nitrogens with one attached hydrogen (secondary N) is 1. The predicted octanol–water partition coefficient (Wildman–Crippen LogP) is -0.241. The van der Waals surface area contributed by atoms with Crippen molar-refractivity contribution in [1.82, 2.24) is 15.1 Å². The number of ketones is 1. The normalized spacial score (nSPS) is 15.9. The Morgan fingerprint density at radius 3 is 2.42 bits per heavy atom. The van der Waals surface area contributed by atoms with Crippen molar-refractivity contribution in [2.45, 2.75) is 6.92 Å². The molecule has 1 N–H and O–H groups in total. The van der Waals surface area contributed by atoms with Crippen LogP contribution < -0.4 is 5.32 Å². The summed E-state index contributed by atoms with van der Waals surface area (Å²) in [5.74, 6) is -0.313. The molecule has 8 nitrogen and oxygen atoms in total. The molecule has 132 valence electrons. The van der Waals surface area contributed by atoms with Crippen LogP contribution in [0.1, 0.15) is 17.5 Å². The molecule has 0 bridgehead atoms. The SMILES string of the molecule is CCOC(=O)CNC(=O)CN1CCN(CC(=O)c2ccco2)CC1. The third-order valence-corrected chi connectivity index (χ3v) is 3.73. The number of nitrogens with zero attached hydrogens (tertiary/aromatic N) is 2. The lowest BCUT2D eigenvalue weighted by atomic mass is 10.2. The Morgan fingerprint density at radius 2 is 1.83 bits per heavy atom. The smallest absolute Gasteiger partial charge is 0.325 e. The van der Waals surface area contributed by atoms with Gasteiger partial charge in [0, 0.05) is 26.2 Å². The third-order valence-electron chi connectivity index (χ3n) is 3.73. The van der Waals surface area contributed by atoms with E-state index < -0.39 is 5.97 Å². The first kappa shape index (κ1) is 18.2. The zero-order valence-electron chi connectivity index (χ0n) is 13.8. The van der Waals surface area contributed by atoms with Crippen molar-refractivity contribution in [2.24, 2.45) is 0 Å². The molecule has 1 amide bonds. The summed E-state index contributed by atoms with van der Waals surface area (Å²) >= 11 is 0. The zero-order chi connectivity index (χ0) is 17.4. The second-order valence-corrected chi connectivity index (χ2v) is 5.53. The van der Waals surface area contributed by atoms with Crippen LogP contribution in [0.25, 0.3) is 0 Å². The molecule has 1 aliphatic rings. The first-order chi connectivity index (χ1) is 11.6. The van der Waals surface area contributed by atoms with Crippen molar-refractivity contribution in [3.05, 3.63) is 24.2 Å². The van der Waals surface area contributed by atoms with E-state index in [0.717, 1.165) is 0 Å². The largest absolute Gasteiger partial charge is 0.465 e. The van der Waals surface area contributed by atoms with Crippen molar-refractivity contribution in [2.75, 3.05) is 52.4 Å². The molecule has 1 fully saturated rings. The summed E-state index contributed by atoms with van der Waals surface area (Å²) in [5.41, 5.74) is 0. The van der Waals surface area contributed by atoms with E-state index in [4.69, 9.17) is 9.15 Å². The molecule has 1 saturated heterocycles. The van der Waals surface area contributed by atoms with Gasteiger partial charge in [-0.25, -0.2) is 0 Å². The first-order valence-corrected chi connectivity index (χ1v) is 8.02. The molecule has 0 saturated carbocycles. The fraction of sp³-hybridized carbons (Fsp3) is 0.562. The molecule has 1 aromatic rings. The minimum Gasteiger partial charge on any atom is -0.465 e. The van der Waals surface area contributed by atoms with Crippen LogP contribution in [-0.4, -0.2) is 79.9 Å². The van der Waals surface area contributed by atoms with Gasteiger partial charge in [0.1, 0.15) is 6.54 Å². The summed E-state index contributed by atoms with van der Waals surface area (Å²) in [6, 6.07) is 3.35. The van der Waals surface area contributed by atoms with E-state index in [1.54, 1.807) is 19.1 Å². The van der Waals surface area contributed by atoms with Gasteiger partial charge in [-0.05, 0) is 19.1 Å². The van der Waals surface area contributed by atoms with Crippen LogP contribution in [0, 0.1) is 0 Å². The second kappa shape index (κ2) is 9.19. The molecular weight excluding hydrogens is 314 g/mol. The van der Waals surface area contributed by atoms with Gasteiger partial charge >= 0.3 is 5.97 Å². The molecule has 8 heteroatoms. The summed E-state index contributed by atoms with van der Waals surface area (Å²) in [5, 5.41) is 2.54. The molecule has 1 aromatic heterocycles. The summed E-state index contributed by atoms with van der Waals surface area (Å²) in [6.07, 6.45) is 1.49. The van der Waals surface area contributed by atoms with Crippen LogP contribution in [0.2, 0.25) is 0 Å². The van der Waals surface area contributed by atoms with Gasteiger partial charge in [-0.15, -0.1) is 0 Å². The number of furan rings is 1. The van der Waals surface area contributed by atoms with Gasteiger partial charge in [-0.2, -0.15) is 0 Å². The molecule has 0 aromatic carbocycles. The molecule has 0 unspecified atom stereocenters. The van der Waals surface area contributed by atoms with Crippen LogP contribution in [-0.2, 0) is 14.3 Å². The first-order valence-electron chi connectivity index (χ1n) is 8.02. The number of rotatable bonds is 8. The minimum absolute atomic E-state index is 0.0411. The van der Waals surface area contributed by atoms with E-state index in [9.17, 15) is 14.4 Å². The van der Waals surface area contributed by atoms with Crippen molar-refractivity contribution >= 4 is 17.7 Å². The Balaban J connectivity index is 1.64. The highest BCUT2D eigenvalue weighted by Gasteiger charge is 2.22. The Hall–Kier alpha value is -2.19. The van der Waals surface area contributed by atoms with Crippen LogP contribution in [0.15, 0.2) is 22.8 Å². The number of hydrogen-bond acceptors (Lipinski definition) is 7. The van der Waals surface area contributed by atoms with Crippen LogP contribution in [0.3, 0.4) is 0 Å². The number of carbonyl (C=O) groups excluding carboxylic acids is 3. The maximum absolute atomic E-state index is 12.0. The average molecular weight is 337 g/mol. The lowest BCUT2D eigenvalue weighted by Crippen LogP contribution is -2.50. The van der Waals surface area contributed by atoms with E-state index in [0.29, 0.717) is 45.1 Å². The van der Waals surface area contributed by atoms with E-state index in [1.165, 1.54) is 6.26 Å². The van der Waals surface area contributed by atoms with E-state index in [2.05, 4.69) is 5.32 Å². The summed E-state index contributed by atoms with van der Waals surface area (Å²) in [6.45, 7) is 5.26. The van der Waals surface area contributed by atoms with Gasteiger partial charge in [0.15, 0.2) is 5.76 Å². The lowest BCUT2D eigenvalue weighted by molar-refractivity contribution is -0.143. The van der Waals surface area contributed by atoms with Gasteiger partial charge in [-0.3, -0.25) is 24.2 Å². The van der Waals surface area contributed by atoms with Gasteiger partial charge in [0.2, 0.25) is 11.7 Å². The number of ether oxygens (including phenoxy) is 1. The molecule has 1 aliphatic heterocycles. The molecule has 0 radical (unpaired) electrons. The highest BCUT2D eigenvalue weighted by atomic mass is 16.5. The lowest BCUT2D eigenvalue weighted by Gasteiger charge is -2.33. The summed E-state index contributed by atoms with van der Waals surface area (Å²) in [4.78, 5) is 39.0. The van der Waals surface area contributed by atoms with Crippen molar-refractivity contribution in [3.8, 4) is 0 Å². The van der Waals surface area contributed by atoms with Crippen molar-refractivity contribution in [3.63, 3.8) is 0 Å². The number of carbonyl (C=O) groups is 3. The molecule has 0 atom stereocenters. The molecule has 2 rings (SSSR count).